The molecular weight excluding hydrogens is 188 g/mol. The van der Waals surface area contributed by atoms with E-state index in [-0.39, 0.29) is 5.41 Å². The minimum atomic E-state index is -0.521. The van der Waals surface area contributed by atoms with E-state index >= 15 is 0 Å². The highest BCUT2D eigenvalue weighted by Crippen LogP contribution is 2.38. The maximum Gasteiger partial charge on any atom is 0.187 e. The Balaban J connectivity index is 2.89. The lowest BCUT2D eigenvalue weighted by Gasteiger charge is -2.36. The minimum absolute atomic E-state index is 0.282. The van der Waals surface area contributed by atoms with Crippen LogP contribution in [-0.2, 0) is 9.47 Å². The van der Waals surface area contributed by atoms with Gasteiger partial charge in [0.15, 0.2) is 5.79 Å². The molecule has 1 rings (SSSR count). The third-order valence-electron chi connectivity index (χ3n) is 3.22. The molecular formula is C13H24O2. The topological polar surface area (TPSA) is 18.5 Å². The van der Waals surface area contributed by atoms with Gasteiger partial charge in [-0.25, -0.2) is 0 Å². The van der Waals surface area contributed by atoms with Crippen LogP contribution in [-0.4, -0.2) is 19.5 Å². The Morgan fingerprint density at radius 1 is 1.47 bits per heavy atom. The summed E-state index contributed by atoms with van der Waals surface area (Å²) in [5.74, 6) is -0.521. The van der Waals surface area contributed by atoms with Crippen LogP contribution < -0.4 is 0 Å². The Hall–Kier alpha value is -0.340. The predicted octanol–water partition coefficient (Wildman–Crippen LogP) is 3.52. The lowest BCUT2D eigenvalue weighted by atomic mass is 9.78. The molecule has 0 aromatic heterocycles. The van der Waals surface area contributed by atoms with E-state index in [9.17, 15) is 0 Å². The molecule has 15 heavy (non-hydrogen) atoms. The summed E-state index contributed by atoms with van der Waals surface area (Å²) in [6.45, 7) is 9.25. The van der Waals surface area contributed by atoms with Crippen molar-refractivity contribution < 1.29 is 9.47 Å². The molecule has 2 nitrogen and oxygen atoms in total. The Morgan fingerprint density at radius 3 is 2.60 bits per heavy atom. The number of methoxy groups -OCH3 is 1. The number of hydrogen-bond donors (Lipinski definition) is 0. The van der Waals surface area contributed by atoms with Crippen molar-refractivity contribution in [3.05, 3.63) is 11.6 Å². The summed E-state index contributed by atoms with van der Waals surface area (Å²) in [5.41, 5.74) is 1.58. The lowest BCUT2D eigenvalue weighted by molar-refractivity contribution is -0.182. The Labute approximate surface area is 93.7 Å². The van der Waals surface area contributed by atoms with Crippen molar-refractivity contribution in [2.45, 2.75) is 52.7 Å². The quantitative estimate of drug-likeness (QED) is 0.524. The zero-order valence-electron chi connectivity index (χ0n) is 10.7. The smallest absolute Gasteiger partial charge is 0.187 e. The first-order chi connectivity index (χ1) is 6.93. The molecule has 0 radical (unpaired) electrons. The van der Waals surface area contributed by atoms with Crippen LogP contribution in [0.25, 0.3) is 0 Å². The van der Waals surface area contributed by atoms with Gasteiger partial charge in [0, 0.05) is 13.7 Å². The van der Waals surface area contributed by atoms with Crippen LogP contribution in [0, 0.1) is 5.41 Å². The van der Waals surface area contributed by atoms with E-state index in [4.69, 9.17) is 9.47 Å². The first-order valence-electron chi connectivity index (χ1n) is 5.85. The van der Waals surface area contributed by atoms with Crippen LogP contribution >= 0.6 is 0 Å². The maximum atomic E-state index is 5.72. The van der Waals surface area contributed by atoms with Gasteiger partial charge in [-0.3, -0.25) is 0 Å². The number of allylic oxidation sites excluding steroid dienone is 1. The number of rotatable bonds is 4. The third kappa shape index (κ3) is 3.05. The van der Waals surface area contributed by atoms with Gasteiger partial charge < -0.3 is 9.47 Å². The van der Waals surface area contributed by atoms with Gasteiger partial charge in [0.05, 0.1) is 0 Å². The molecule has 0 saturated carbocycles. The zero-order chi connectivity index (χ0) is 11.5. The first kappa shape index (κ1) is 12.7. The Morgan fingerprint density at radius 2 is 2.13 bits per heavy atom. The molecule has 0 aromatic carbocycles. The molecule has 0 N–H and O–H groups in total. The molecule has 88 valence electrons. The van der Waals surface area contributed by atoms with E-state index in [1.165, 1.54) is 18.4 Å². The van der Waals surface area contributed by atoms with Gasteiger partial charge in [0.25, 0.3) is 0 Å². The molecule has 0 saturated heterocycles. The third-order valence-corrected chi connectivity index (χ3v) is 3.22. The molecule has 2 heteroatoms. The van der Waals surface area contributed by atoms with Gasteiger partial charge in [0.1, 0.15) is 0 Å². The number of hydrogen-bond acceptors (Lipinski definition) is 2. The minimum Gasteiger partial charge on any atom is -0.350 e. The summed E-state index contributed by atoms with van der Waals surface area (Å²) in [7, 11) is 1.72. The molecule has 0 aromatic rings. The summed E-state index contributed by atoms with van der Waals surface area (Å²) >= 11 is 0. The molecule has 0 spiro atoms. The standard InChI is InChI=1S/C13H24O2/c1-6-15-13(4,14-5)11-8-7-9-12(2,3)10-11/h10H,6-9H2,1-5H3. The second-order valence-electron chi connectivity index (χ2n) is 5.09. The average Bonchev–Trinajstić information content (AvgIpc) is 2.16. The second-order valence-corrected chi connectivity index (χ2v) is 5.09. The monoisotopic (exact) mass is 212 g/mol. The fraction of sp³-hybridized carbons (Fsp3) is 0.846. The largest absolute Gasteiger partial charge is 0.350 e. The van der Waals surface area contributed by atoms with Gasteiger partial charge in [-0.2, -0.15) is 0 Å². The van der Waals surface area contributed by atoms with Crippen LogP contribution in [0.2, 0.25) is 0 Å². The van der Waals surface area contributed by atoms with E-state index in [1.807, 2.05) is 13.8 Å². The van der Waals surface area contributed by atoms with Crippen LogP contribution in [0.3, 0.4) is 0 Å². The van der Waals surface area contributed by atoms with Gasteiger partial charge in [-0.05, 0) is 44.1 Å². The molecule has 0 aliphatic heterocycles. The van der Waals surface area contributed by atoms with E-state index in [1.54, 1.807) is 7.11 Å². The zero-order valence-corrected chi connectivity index (χ0v) is 10.7. The van der Waals surface area contributed by atoms with Gasteiger partial charge in [0.2, 0.25) is 0 Å². The molecule has 1 aliphatic carbocycles. The molecule has 1 atom stereocenters. The molecule has 0 fully saturated rings. The highest BCUT2D eigenvalue weighted by molar-refractivity contribution is 5.18. The number of ether oxygens (including phenoxy) is 2. The highest BCUT2D eigenvalue weighted by atomic mass is 16.7. The van der Waals surface area contributed by atoms with Gasteiger partial charge in [-0.1, -0.05) is 19.9 Å². The maximum absolute atomic E-state index is 5.72. The van der Waals surface area contributed by atoms with Crippen molar-refractivity contribution in [2.24, 2.45) is 5.41 Å². The summed E-state index contributed by atoms with van der Waals surface area (Å²) in [5, 5.41) is 0. The SMILES string of the molecule is CCOC(C)(OC)C1=CC(C)(C)CCC1. The average molecular weight is 212 g/mol. The Kier molecular flexibility index (Phi) is 3.96. The molecule has 0 amide bonds. The van der Waals surface area contributed by atoms with Crippen molar-refractivity contribution >= 4 is 0 Å². The van der Waals surface area contributed by atoms with E-state index in [0.717, 1.165) is 6.42 Å². The lowest BCUT2D eigenvalue weighted by Crippen LogP contribution is -2.36. The van der Waals surface area contributed by atoms with Crippen LogP contribution in [0.15, 0.2) is 11.6 Å². The van der Waals surface area contributed by atoms with Gasteiger partial charge >= 0.3 is 0 Å². The molecule has 0 bridgehead atoms. The van der Waals surface area contributed by atoms with Crippen LogP contribution in [0.4, 0.5) is 0 Å². The Bertz CT molecular complexity index is 243. The summed E-state index contributed by atoms with van der Waals surface area (Å²) in [4.78, 5) is 0. The normalized spacial score (nSPS) is 24.5. The highest BCUT2D eigenvalue weighted by Gasteiger charge is 2.33. The van der Waals surface area contributed by atoms with Crippen molar-refractivity contribution in [1.29, 1.82) is 0 Å². The fourth-order valence-corrected chi connectivity index (χ4v) is 2.27. The van der Waals surface area contributed by atoms with E-state index in [2.05, 4.69) is 19.9 Å². The fourth-order valence-electron chi connectivity index (χ4n) is 2.27. The predicted molar refractivity (Wildman–Crippen MR) is 62.8 cm³/mol. The molecule has 1 unspecified atom stereocenters. The first-order valence-corrected chi connectivity index (χ1v) is 5.85. The van der Waals surface area contributed by atoms with Crippen LogP contribution in [0.1, 0.15) is 47.0 Å². The molecule has 0 heterocycles. The second kappa shape index (κ2) is 4.67. The summed E-state index contributed by atoms with van der Waals surface area (Å²) in [6, 6.07) is 0. The summed E-state index contributed by atoms with van der Waals surface area (Å²) < 4.78 is 11.2. The van der Waals surface area contributed by atoms with Crippen molar-refractivity contribution in [3.8, 4) is 0 Å². The van der Waals surface area contributed by atoms with Crippen molar-refractivity contribution in [2.75, 3.05) is 13.7 Å². The van der Waals surface area contributed by atoms with E-state index in [0.29, 0.717) is 6.61 Å². The molecule has 1 aliphatic rings. The summed E-state index contributed by atoms with van der Waals surface area (Å²) in [6.07, 6.45) is 5.90. The van der Waals surface area contributed by atoms with Crippen molar-refractivity contribution in [3.63, 3.8) is 0 Å². The van der Waals surface area contributed by atoms with E-state index < -0.39 is 5.79 Å². The van der Waals surface area contributed by atoms with Crippen molar-refractivity contribution in [1.82, 2.24) is 0 Å². The van der Waals surface area contributed by atoms with Gasteiger partial charge in [-0.15, -0.1) is 0 Å². The van der Waals surface area contributed by atoms with Crippen LogP contribution in [0.5, 0.6) is 0 Å².